The molecule has 0 aliphatic rings. The normalized spacial score (nSPS) is 13.0. The van der Waals surface area contributed by atoms with Crippen molar-refractivity contribution in [1.29, 1.82) is 0 Å². The molecule has 0 bridgehead atoms. The van der Waals surface area contributed by atoms with E-state index in [0.29, 0.717) is 23.2 Å². The molecule has 0 saturated carbocycles. The molecular weight excluding hydrogens is 288 g/mol. The van der Waals surface area contributed by atoms with Gasteiger partial charge in [0.1, 0.15) is 0 Å². The van der Waals surface area contributed by atoms with E-state index in [1.165, 1.54) is 11.1 Å². The van der Waals surface area contributed by atoms with Crippen molar-refractivity contribution in [3.63, 3.8) is 0 Å². The highest BCUT2D eigenvalue weighted by Gasteiger charge is 2.25. The minimum absolute atomic E-state index is 0.0183. The van der Waals surface area contributed by atoms with Crippen molar-refractivity contribution in [2.45, 2.75) is 59.3 Å². The maximum atomic E-state index is 5.82. The second-order valence-electron chi connectivity index (χ2n) is 8.12. The van der Waals surface area contributed by atoms with Gasteiger partial charge in [-0.2, -0.15) is 9.97 Å². The van der Waals surface area contributed by atoms with Crippen LogP contribution in [-0.2, 0) is 10.8 Å². The van der Waals surface area contributed by atoms with E-state index < -0.39 is 0 Å². The molecule has 122 valence electrons. The average Bonchev–Trinajstić information content (AvgIpc) is 2.93. The Morgan fingerprint density at radius 3 is 2.04 bits per heavy atom. The molecule has 0 aliphatic carbocycles. The van der Waals surface area contributed by atoms with Crippen molar-refractivity contribution < 1.29 is 8.83 Å². The summed E-state index contributed by atoms with van der Waals surface area (Å²) in [4.78, 5) is 8.69. The first-order valence-electron chi connectivity index (χ1n) is 7.95. The highest BCUT2D eigenvalue weighted by Crippen LogP contribution is 2.37. The van der Waals surface area contributed by atoms with Crippen molar-refractivity contribution in [2.75, 3.05) is 0 Å². The van der Waals surface area contributed by atoms with Crippen LogP contribution in [0.5, 0.6) is 0 Å². The Morgan fingerprint density at radius 2 is 1.48 bits per heavy atom. The van der Waals surface area contributed by atoms with Gasteiger partial charge in [0.2, 0.25) is 5.89 Å². The lowest BCUT2D eigenvalue weighted by atomic mass is 9.78. The molecule has 4 heteroatoms. The molecule has 3 rings (SSSR count). The molecular formula is C19H24N2O2. The van der Waals surface area contributed by atoms with Crippen LogP contribution >= 0.6 is 0 Å². The van der Waals surface area contributed by atoms with Crippen LogP contribution in [0.15, 0.2) is 27.0 Å². The Kier molecular flexibility index (Phi) is 3.40. The molecule has 0 spiro atoms. The smallest absolute Gasteiger partial charge is 0.288 e. The molecule has 0 atom stereocenters. The Labute approximate surface area is 136 Å². The van der Waals surface area contributed by atoms with Gasteiger partial charge in [0, 0.05) is 12.5 Å². The molecule has 23 heavy (non-hydrogen) atoms. The van der Waals surface area contributed by atoms with Crippen LogP contribution in [0, 0.1) is 6.92 Å². The van der Waals surface area contributed by atoms with E-state index in [0.717, 1.165) is 5.56 Å². The van der Waals surface area contributed by atoms with Gasteiger partial charge in [-0.3, -0.25) is 0 Å². The molecule has 0 amide bonds. The second-order valence-corrected chi connectivity index (χ2v) is 8.12. The number of oxazole rings is 2. The monoisotopic (exact) mass is 312 g/mol. The lowest BCUT2D eigenvalue weighted by molar-refractivity contribution is 0.545. The van der Waals surface area contributed by atoms with Gasteiger partial charge in [-0.25, -0.2) is 0 Å². The lowest BCUT2D eigenvalue weighted by Gasteiger charge is -2.26. The van der Waals surface area contributed by atoms with Gasteiger partial charge in [0.25, 0.3) is 11.4 Å². The second kappa shape index (κ2) is 4.95. The number of aromatic nitrogens is 2. The van der Waals surface area contributed by atoms with Crippen molar-refractivity contribution >= 4 is 11.4 Å². The Hall–Kier alpha value is -2.10. The number of hydrogen-bond acceptors (Lipinski definition) is 4. The summed E-state index contributed by atoms with van der Waals surface area (Å²) in [6.45, 7) is 15.1. The molecule has 0 radical (unpaired) electrons. The number of nitrogens with zero attached hydrogens (tertiary/aromatic N) is 2. The molecule has 2 aromatic heterocycles. The van der Waals surface area contributed by atoms with Crippen LogP contribution in [0.4, 0.5) is 0 Å². The van der Waals surface area contributed by atoms with Gasteiger partial charge in [-0.1, -0.05) is 53.7 Å². The fourth-order valence-electron chi connectivity index (χ4n) is 2.67. The fourth-order valence-corrected chi connectivity index (χ4v) is 2.67. The topological polar surface area (TPSA) is 52.1 Å². The fraction of sp³-hybridized carbons (Fsp3) is 0.474. The predicted molar refractivity (Wildman–Crippen MR) is 91.6 cm³/mol. The van der Waals surface area contributed by atoms with Crippen molar-refractivity contribution in [3.8, 4) is 11.5 Å². The highest BCUT2D eigenvalue weighted by atomic mass is 16.4. The summed E-state index contributed by atoms with van der Waals surface area (Å²) in [7, 11) is 0. The zero-order valence-corrected chi connectivity index (χ0v) is 14.9. The predicted octanol–water partition coefficient (Wildman–Crippen LogP) is 5.39. The maximum absolute atomic E-state index is 5.82. The van der Waals surface area contributed by atoms with Crippen LogP contribution in [0.3, 0.4) is 0 Å². The van der Waals surface area contributed by atoms with E-state index in [9.17, 15) is 0 Å². The van der Waals surface area contributed by atoms with Crippen LogP contribution in [0.25, 0.3) is 22.9 Å². The molecule has 0 N–H and O–H groups in total. The molecule has 3 aromatic rings. The molecule has 4 nitrogen and oxygen atoms in total. The third-order valence-corrected chi connectivity index (χ3v) is 4.01. The van der Waals surface area contributed by atoms with Crippen LogP contribution in [0.2, 0.25) is 0 Å². The average molecular weight is 312 g/mol. The van der Waals surface area contributed by atoms with Crippen molar-refractivity contribution in [2.24, 2.45) is 0 Å². The summed E-state index contributed by atoms with van der Waals surface area (Å²) in [6.07, 6.45) is 0. The number of fused-ring (bicyclic) bond motifs is 1. The molecule has 0 aliphatic heterocycles. The maximum Gasteiger partial charge on any atom is 0.288 e. The summed E-state index contributed by atoms with van der Waals surface area (Å²) in [6, 6.07) is 6.51. The molecule has 0 fully saturated rings. The SMILES string of the molecule is Cc1nc2oc(-c3ccc(C(C)(C)C)cc3C(C)(C)C)nc2o1. The van der Waals surface area contributed by atoms with Gasteiger partial charge >= 0.3 is 0 Å². The van der Waals surface area contributed by atoms with Crippen molar-refractivity contribution in [1.82, 2.24) is 9.97 Å². The number of aryl methyl sites for hydroxylation is 1. The molecule has 0 saturated heterocycles. The van der Waals surface area contributed by atoms with E-state index in [-0.39, 0.29) is 10.8 Å². The van der Waals surface area contributed by atoms with E-state index in [2.05, 4.69) is 69.7 Å². The van der Waals surface area contributed by atoms with Crippen LogP contribution < -0.4 is 0 Å². The summed E-state index contributed by atoms with van der Waals surface area (Å²) < 4.78 is 11.3. The van der Waals surface area contributed by atoms with Gasteiger partial charge in [-0.15, -0.1) is 0 Å². The largest absolute Gasteiger partial charge is 0.420 e. The van der Waals surface area contributed by atoms with E-state index in [4.69, 9.17) is 8.83 Å². The number of benzene rings is 1. The van der Waals surface area contributed by atoms with Gasteiger partial charge in [0.15, 0.2) is 5.89 Å². The standard InChI is InChI=1S/C19H24N2O2/c1-11-20-16-17(22-11)21-15(23-16)13-9-8-12(18(2,3)4)10-14(13)19(5,6)7/h8-10H,1-7H3. The van der Waals surface area contributed by atoms with Gasteiger partial charge < -0.3 is 8.83 Å². The summed E-state index contributed by atoms with van der Waals surface area (Å²) in [5.74, 6) is 1.13. The summed E-state index contributed by atoms with van der Waals surface area (Å²) in [5.41, 5.74) is 4.50. The zero-order valence-electron chi connectivity index (χ0n) is 14.9. The van der Waals surface area contributed by atoms with Crippen molar-refractivity contribution in [3.05, 3.63) is 35.2 Å². The molecule has 0 unspecified atom stereocenters. The highest BCUT2D eigenvalue weighted by molar-refractivity contribution is 5.70. The summed E-state index contributed by atoms with van der Waals surface area (Å²) >= 11 is 0. The minimum atomic E-state index is -0.0183. The van der Waals surface area contributed by atoms with E-state index in [1.54, 1.807) is 6.92 Å². The Balaban J connectivity index is 2.19. The first-order valence-corrected chi connectivity index (χ1v) is 7.95. The Bertz CT molecular complexity index is 826. The first-order chi connectivity index (χ1) is 10.6. The molecule has 1 aromatic carbocycles. The van der Waals surface area contributed by atoms with E-state index in [1.807, 2.05) is 0 Å². The third-order valence-electron chi connectivity index (χ3n) is 4.01. The van der Waals surface area contributed by atoms with E-state index >= 15 is 0 Å². The first kappa shape index (κ1) is 15.8. The third kappa shape index (κ3) is 2.90. The molecule has 2 heterocycles. The van der Waals surface area contributed by atoms with Crippen LogP contribution in [0.1, 0.15) is 58.6 Å². The van der Waals surface area contributed by atoms with Gasteiger partial charge in [-0.05, 0) is 28.0 Å². The van der Waals surface area contributed by atoms with Crippen LogP contribution in [-0.4, -0.2) is 9.97 Å². The number of hydrogen-bond donors (Lipinski definition) is 0. The Morgan fingerprint density at radius 1 is 0.826 bits per heavy atom. The lowest BCUT2D eigenvalue weighted by Crippen LogP contribution is -2.17. The zero-order chi connectivity index (χ0) is 17.0. The quantitative estimate of drug-likeness (QED) is 0.605. The number of rotatable bonds is 1. The van der Waals surface area contributed by atoms with Gasteiger partial charge in [0.05, 0.1) is 0 Å². The summed E-state index contributed by atoms with van der Waals surface area (Å²) in [5, 5.41) is 0. The minimum Gasteiger partial charge on any atom is -0.420 e.